The summed E-state index contributed by atoms with van der Waals surface area (Å²) in [7, 11) is 1.45. The fourth-order valence-electron chi connectivity index (χ4n) is 2.77. The van der Waals surface area contributed by atoms with E-state index in [9.17, 15) is 14.4 Å². The standard InChI is InChI=1S/C13H21N3O3/c1-16-11(18)4-3-9(12(16)19)15-10(17)7-13(8-14)5-2-6-13/h9H,2-8,14H2,1H3,(H,15,17). The molecule has 0 aromatic heterocycles. The monoisotopic (exact) mass is 267 g/mol. The van der Waals surface area contributed by atoms with Gasteiger partial charge in [0.1, 0.15) is 6.04 Å². The first kappa shape index (κ1) is 14.0. The molecule has 1 saturated heterocycles. The highest BCUT2D eigenvalue weighted by atomic mass is 16.2. The number of carbonyl (C=O) groups is 3. The van der Waals surface area contributed by atoms with Crippen molar-refractivity contribution in [2.24, 2.45) is 11.1 Å². The van der Waals surface area contributed by atoms with Crippen LogP contribution < -0.4 is 11.1 Å². The topological polar surface area (TPSA) is 92.5 Å². The summed E-state index contributed by atoms with van der Waals surface area (Å²) in [5.41, 5.74) is 5.65. The van der Waals surface area contributed by atoms with Gasteiger partial charge in [0, 0.05) is 19.9 Å². The molecule has 0 aromatic rings. The van der Waals surface area contributed by atoms with Crippen molar-refractivity contribution in [1.29, 1.82) is 0 Å². The van der Waals surface area contributed by atoms with E-state index in [4.69, 9.17) is 5.73 Å². The largest absolute Gasteiger partial charge is 0.344 e. The second kappa shape index (κ2) is 5.28. The summed E-state index contributed by atoms with van der Waals surface area (Å²) in [5, 5.41) is 2.74. The minimum Gasteiger partial charge on any atom is -0.344 e. The minimum atomic E-state index is -0.565. The summed E-state index contributed by atoms with van der Waals surface area (Å²) in [5.74, 6) is -0.640. The molecule has 1 aliphatic heterocycles. The van der Waals surface area contributed by atoms with Crippen LogP contribution in [0.4, 0.5) is 0 Å². The van der Waals surface area contributed by atoms with Crippen molar-refractivity contribution < 1.29 is 14.4 Å². The number of rotatable bonds is 4. The van der Waals surface area contributed by atoms with Crippen LogP contribution in [0.1, 0.15) is 38.5 Å². The number of carbonyl (C=O) groups excluding carboxylic acids is 3. The Morgan fingerprint density at radius 1 is 1.47 bits per heavy atom. The molecule has 6 nitrogen and oxygen atoms in total. The summed E-state index contributed by atoms with van der Waals surface area (Å²) < 4.78 is 0. The number of likely N-dealkylation sites (tertiary alicyclic amines) is 1. The maximum absolute atomic E-state index is 12.0. The van der Waals surface area contributed by atoms with Crippen LogP contribution in [-0.4, -0.2) is 42.3 Å². The molecular formula is C13H21N3O3. The van der Waals surface area contributed by atoms with E-state index >= 15 is 0 Å². The average Bonchev–Trinajstić information content (AvgIpc) is 2.35. The molecule has 2 aliphatic rings. The van der Waals surface area contributed by atoms with Crippen LogP contribution in [0.3, 0.4) is 0 Å². The van der Waals surface area contributed by atoms with Crippen molar-refractivity contribution in [2.75, 3.05) is 13.6 Å². The molecular weight excluding hydrogens is 246 g/mol. The summed E-state index contributed by atoms with van der Waals surface area (Å²) in [6.45, 7) is 0.511. The smallest absolute Gasteiger partial charge is 0.251 e. The SMILES string of the molecule is CN1C(=O)CCC(NC(=O)CC2(CN)CCC2)C1=O. The molecule has 0 radical (unpaired) electrons. The van der Waals surface area contributed by atoms with Crippen LogP contribution in [0, 0.1) is 5.41 Å². The number of piperidine rings is 1. The molecule has 1 atom stereocenters. The highest BCUT2D eigenvalue weighted by molar-refractivity contribution is 6.01. The van der Waals surface area contributed by atoms with Gasteiger partial charge < -0.3 is 11.1 Å². The molecule has 2 rings (SSSR count). The Labute approximate surface area is 112 Å². The average molecular weight is 267 g/mol. The fraction of sp³-hybridized carbons (Fsp3) is 0.769. The van der Waals surface area contributed by atoms with E-state index < -0.39 is 6.04 Å². The maximum atomic E-state index is 12.0. The molecule has 3 N–H and O–H groups in total. The number of nitrogens with zero attached hydrogens (tertiary/aromatic N) is 1. The van der Waals surface area contributed by atoms with Crippen molar-refractivity contribution in [3.63, 3.8) is 0 Å². The number of hydrogen-bond donors (Lipinski definition) is 2. The molecule has 19 heavy (non-hydrogen) atoms. The zero-order valence-corrected chi connectivity index (χ0v) is 11.3. The molecule has 2 fully saturated rings. The van der Waals surface area contributed by atoms with Crippen LogP contribution in [0.25, 0.3) is 0 Å². The van der Waals surface area contributed by atoms with E-state index in [1.807, 2.05) is 0 Å². The number of nitrogens with one attached hydrogen (secondary N) is 1. The Bertz CT molecular complexity index is 398. The molecule has 1 unspecified atom stereocenters. The number of imide groups is 1. The van der Waals surface area contributed by atoms with Gasteiger partial charge in [0.2, 0.25) is 11.8 Å². The minimum absolute atomic E-state index is 0.0660. The summed E-state index contributed by atoms with van der Waals surface area (Å²) in [6, 6.07) is -0.565. The van der Waals surface area contributed by atoms with Crippen LogP contribution >= 0.6 is 0 Å². The fourth-order valence-corrected chi connectivity index (χ4v) is 2.77. The molecule has 1 heterocycles. The molecule has 6 heteroatoms. The van der Waals surface area contributed by atoms with E-state index in [-0.39, 0.29) is 23.1 Å². The zero-order valence-electron chi connectivity index (χ0n) is 11.3. The third-order valence-electron chi connectivity index (χ3n) is 4.37. The lowest BCUT2D eigenvalue weighted by atomic mass is 9.66. The second-order valence-corrected chi connectivity index (χ2v) is 5.68. The quantitative estimate of drug-likeness (QED) is 0.688. The van der Waals surface area contributed by atoms with Crippen molar-refractivity contribution in [3.8, 4) is 0 Å². The van der Waals surface area contributed by atoms with E-state index in [0.717, 1.165) is 24.2 Å². The third kappa shape index (κ3) is 2.78. The van der Waals surface area contributed by atoms with Crippen LogP contribution in [0.2, 0.25) is 0 Å². The van der Waals surface area contributed by atoms with E-state index in [1.54, 1.807) is 0 Å². The lowest BCUT2D eigenvalue weighted by Gasteiger charge is -2.40. The van der Waals surface area contributed by atoms with Gasteiger partial charge in [-0.2, -0.15) is 0 Å². The molecule has 1 saturated carbocycles. The number of hydrogen-bond acceptors (Lipinski definition) is 4. The van der Waals surface area contributed by atoms with Crippen LogP contribution in [0.5, 0.6) is 0 Å². The molecule has 1 aliphatic carbocycles. The zero-order chi connectivity index (χ0) is 14.0. The first-order valence-electron chi connectivity index (χ1n) is 6.77. The Balaban J connectivity index is 1.88. The first-order valence-corrected chi connectivity index (χ1v) is 6.77. The van der Waals surface area contributed by atoms with Gasteiger partial charge >= 0.3 is 0 Å². The maximum Gasteiger partial charge on any atom is 0.251 e. The van der Waals surface area contributed by atoms with Gasteiger partial charge in [-0.15, -0.1) is 0 Å². The van der Waals surface area contributed by atoms with Gasteiger partial charge in [-0.05, 0) is 31.2 Å². The normalized spacial score (nSPS) is 26.0. The van der Waals surface area contributed by atoms with Crippen molar-refractivity contribution in [2.45, 2.75) is 44.6 Å². The van der Waals surface area contributed by atoms with Crippen molar-refractivity contribution >= 4 is 17.7 Å². The van der Waals surface area contributed by atoms with Crippen molar-refractivity contribution in [1.82, 2.24) is 10.2 Å². The van der Waals surface area contributed by atoms with Crippen LogP contribution in [-0.2, 0) is 14.4 Å². The number of amides is 3. The van der Waals surface area contributed by atoms with E-state index in [0.29, 0.717) is 25.8 Å². The van der Waals surface area contributed by atoms with E-state index in [1.165, 1.54) is 7.05 Å². The van der Waals surface area contributed by atoms with Crippen LogP contribution in [0.15, 0.2) is 0 Å². The van der Waals surface area contributed by atoms with Crippen molar-refractivity contribution in [3.05, 3.63) is 0 Å². The molecule has 0 bridgehead atoms. The molecule has 106 valence electrons. The van der Waals surface area contributed by atoms with Gasteiger partial charge in [-0.25, -0.2) is 0 Å². The molecule has 3 amide bonds. The summed E-state index contributed by atoms with van der Waals surface area (Å²) >= 11 is 0. The Kier molecular flexibility index (Phi) is 3.89. The van der Waals surface area contributed by atoms with E-state index in [2.05, 4.69) is 5.32 Å². The first-order chi connectivity index (χ1) is 8.97. The van der Waals surface area contributed by atoms with Gasteiger partial charge in [-0.3, -0.25) is 19.3 Å². The van der Waals surface area contributed by atoms with Gasteiger partial charge in [-0.1, -0.05) is 6.42 Å². The summed E-state index contributed by atoms with van der Waals surface area (Å²) in [4.78, 5) is 36.3. The number of nitrogens with two attached hydrogens (primary N) is 1. The van der Waals surface area contributed by atoms with Gasteiger partial charge in [0.25, 0.3) is 5.91 Å². The summed E-state index contributed by atoms with van der Waals surface area (Å²) in [6.07, 6.45) is 4.15. The highest BCUT2D eigenvalue weighted by Gasteiger charge is 2.39. The highest BCUT2D eigenvalue weighted by Crippen LogP contribution is 2.42. The lowest BCUT2D eigenvalue weighted by Crippen LogP contribution is -2.54. The second-order valence-electron chi connectivity index (χ2n) is 5.68. The Morgan fingerprint density at radius 2 is 2.16 bits per heavy atom. The Morgan fingerprint density at radius 3 is 2.68 bits per heavy atom. The third-order valence-corrected chi connectivity index (χ3v) is 4.37. The predicted molar refractivity (Wildman–Crippen MR) is 68.9 cm³/mol. The van der Waals surface area contributed by atoms with Gasteiger partial charge in [0.05, 0.1) is 0 Å². The van der Waals surface area contributed by atoms with Gasteiger partial charge in [0.15, 0.2) is 0 Å². The molecule has 0 spiro atoms. The number of likely N-dealkylation sites (N-methyl/N-ethyl adjacent to an activating group) is 1. The molecule has 0 aromatic carbocycles. The predicted octanol–water partition coefficient (Wildman–Crippen LogP) is -0.231. The Hall–Kier alpha value is -1.43. The lowest BCUT2D eigenvalue weighted by molar-refractivity contribution is -0.149.